The summed E-state index contributed by atoms with van der Waals surface area (Å²) >= 11 is 0.995. The van der Waals surface area contributed by atoms with Crippen LogP contribution >= 0.6 is 11.8 Å². The van der Waals surface area contributed by atoms with Gasteiger partial charge in [-0.1, -0.05) is 67.9 Å². The molecular weight excluding hydrogens is 522 g/mol. The van der Waals surface area contributed by atoms with Crippen molar-refractivity contribution >= 4 is 22.9 Å². The van der Waals surface area contributed by atoms with E-state index in [1.165, 1.54) is 5.56 Å². The standard InChI is InChI=1S/C33H31NO5S/c1-2-7-26-22-29(18-19-30(26)39-28-16-10-24(11-17-28)23-8-4-3-5-9-23)38-21-6-20-37-27-14-12-25(13-15-27)31-32(35)34-33(36)40-31/h3-5,8-19,22,31H,2,6-7,20-21H2,1H3,(H,34,35,36). The van der Waals surface area contributed by atoms with Crippen LogP contribution in [0.1, 0.15) is 36.1 Å². The van der Waals surface area contributed by atoms with Crippen LogP contribution in [0.2, 0.25) is 0 Å². The van der Waals surface area contributed by atoms with Crippen molar-refractivity contribution in [3.63, 3.8) is 0 Å². The number of rotatable bonds is 12. The predicted octanol–water partition coefficient (Wildman–Crippen LogP) is 7.97. The summed E-state index contributed by atoms with van der Waals surface area (Å²) in [6.45, 7) is 3.17. The Morgan fingerprint density at radius 2 is 1.40 bits per heavy atom. The molecule has 1 N–H and O–H groups in total. The third-order valence-electron chi connectivity index (χ3n) is 6.44. The van der Waals surface area contributed by atoms with Crippen LogP contribution in [0, 0.1) is 0 Å². The third-order valence-corrected chi connectivity index (χ3v) is 7.48. The molecular formula is C33H31NO5S. The topological polar surface area (TPSA) is 73.9 Å². The van der Waals surface area contributed by atoms with Crippen molar-refractivity contribution in [1.82, 2.24) is 5.32 Å². The number of hydrogen-bond donors (Lipinski definition) is 1. The van der Waals surface area contributed by atoms with Crippen molar-refractivity contribution in [1.29, 1.82) is 0 Å². The SMILES string of the molecule is CCCc1cc(OCCCOc2ccc(C3SC(=O)NC3=O)cc2)ccc1Oc1ccc(-c2ccccc2)cc1. The Morgan fingerprint density at radius 3 is 2.08 bits per heavy atom. The van der Waals surface area contributed by atoms with E-state index in [1.54, 1.807) is 0 Å². The quantitative estimate of drug-likeness (QED) is 0.179. The van der Waals surface area contributed by atoms with E-state index in [1.807, 2.05) is 66.7 Å². The largest absolute Gasteiger partial charge is 0.493 e. The molecule has 4 aromatic rings. The first kappa shape index (κ1) is 27.3. The zero-order valence-corrected chi connectivity index (χ0v) is 23.1. The molecule has 0 aliphatic carbocycles. The summed E-state index contributed by atoms with van der Waals surface area (Å²) in [4.78, 5) is 23.2. The first-order valence-electron chi connectivity index (χ1n) is 13.4. The van der Waals surface area contributed by atoms with E-state index in [2.05, 4.69) is 42.6 Å². The lowest BCUT2D eigenvalue weighted by Crippen LogP contribution is -2.20. The third kappa shape index (κ3) is 7.04. The molecule has 0 spiro atoms. The molecule has 1 fully saturated rings. The molecule has 1 saturated heterocycles. The van der Waals surface area contributed by atoms with Gasteiger partial charge < -0.3 is 14.2 Å². The van der Waals surface area contributed by atoms with Gasteiger partial charge in [-0.05, 0) is 82.9 Å². The maximum Gasteiger partial charge on any atom is 0.286 e. The average molecular weight is 554 g/mol. The first-order valence-corrected chi connectivity index (χ1v) is 14.3. The number of carbonyl (C=O) groups is 2. The number of nitrogens with one attached hydrogen (secondary N) is 1. The molecule has 40 heavy (non-hydrogen) atoms. The number of benzene rings is 4. The van der Waals surface area contributed by atoms with Crippen LogP contribution in [-0.4, -0.2) is 24.4 Å². The first-order chi connectivity index (χ1) is 19.6. The summed E-state index contributed by atoms with van der Waals surface area (Å²) in [5, 5.41) is 1.50. The highest BCUT2D eigenvalue weighted by atomic mass is 32.2. The normalized spacial score (nSPS) is 14.6. The zero-order chi connectivity index (χ0) is 27.7. The van der Waals surface area contributed by atoms with E-state index in [9.17, 15) is 9.59 Å². The van der Waals surface area contributed by atoms with Gasteiger partial charge in [-0.15, -0.1) is 0 Å². The Bertz CT molecular complexity index is 1440. The smallest absolute Gasteiger partial charge is 0.286 e. The summed E-state index contributed by atoms with van der Waals surface area (Å²) in [7, 11) is 0. The number of amides is 2. The number of aryl methyl sites for hydroxylation is 1. The van der Waals surface area contributed by atoms with Gasteiger partial charge in [0.05, 0.1) is 13.2 Å². The Morgan fingerprint density at radius 1 is 0.750 bits per heavy atom. The molecule has 4 aromatic carbocycles. The predicted molar refractivity (Wildman–Crippen MR) is 158 cm³/mol. The summed E-state index contributed by atoms with van der Waals surface area (Å²) in [6, 6.07) is 31.7. The number of ether oxygens (including phenoxy) is 3. The summed E-state index contributed by atoms with van der Waals surface area (Å²) in [5.74, 6) is 2.88. The van der Waals surface area contributed by atoms with Crippen LogP contribution in [0.15, 0.2) is 97.1 Å². The van der Waals surface area contributed by atoms with Crippen molar-refractivity contribution in [3.05, 3.63) is 108 Å². The Labute approximate surface area is 238 Å². The minimum atomic E-state index is -0.496. The molecule has 0 aromatic heterocycles. The number of hydrogen-bond acceptors (Lipinski definition) is 6. The van der Waals surface area contributed by atoms with Crippen LogP contribution in [-0.2, 0) is 11.2 Å². The molecule has 1 heterocycles. The Hall–Kier alpha value is -4.23. The molecule has 7 heteroatoms. The fourth-order valence-electron chi connectivity index (χ4n) is 4.44. The van der Waals surface area contributed by atoms with Gasteiger partial charge in [0.2, 0.25) is 5.91 Å². The number of carbonyl (C=O) groups excluding carboxylic acids is 2. The lowest BCUT2D eigenvalue weighted by molar-refractivity contribution is -0.119. The summed E-state index contributed by atoms with van der Waals surface area (Å²) in [6.07, 6.45) is 2.61. The fraction of sp³-hybridized carbons (Fsp3) is 0.212. The molecule has 1 aliphatic rings. The van der Waals surface area contributed by atoms with E-state index >= 15 is 0 Å². The monoisotopic (exact) mass is 553 g/mol. The van der Waals surface area contributed by atoms with Crippen molar-refractivity contribution in [2.24, 2.45) is 0 Å². The van der Waals surface area contributed by atoms with Gasteiger partial charge in [-0.25, -0.2) is 0 Å². The van der Waals surface area contributed by atoms with Crippen LogP contribution in [0.5, 0.6) is 23.0 Å². The highest BCUT2D eigenvalue weighted by molar-refractivity contribution is 8.15. The van der Waals surface area contributed by atoms with Gasteiger partial charge in [0.1, 0.15) is 28.2 Å². The van der Waals surface area contributed by atoms with Crippen molar-refractivity contribution in [3.8, 4) is 34.1 Å². The van der Waals surface area contributed by atoms with E-state index < -0.39 is 5.25 Å². The lowest BCUT2D eigenvalue weighted by atomic mass is 10.1. The highest BCUT2D eigenvalue weighted by Gasteiger charge is 2.32. The van der Waals surface area contributed by atoms with Crippen LogP contribution < -0.4 is 19.5 Å². The zero-order valence-electron chi connectivity index (χ0n) is 22.3. The van der Waals surface area contributed by atoms with Gasteiger partial charge in [0, 0.05) is 6.42 Å². The van der Waals surface area contributed by atoms with E-state index in [0.29, 0.717) is 25.4 Å². The van der Waals surface area contributed by atoms with E-state index in [0.717, 1.165) is 58.5 Å². The Kier molecular flexibility index (Phi) is 9.04. The minimum Gasteiger partial charge on any atom is -0.493 e. The van der Waals surface area contributed by atoms with Crippen LogP contribution in [0.25, 0.3) is 11.1 Å². The van der Waals surface area contributed by atoms with Crippen molar-refractivity contribution in [2.45, 2.75) is 31.4 Å². The molecule has 204 valence electrons. The van der Waals surface area contributed by atoms with Crippen molar-refractivity contribution in [2.75, 3.05) is 13.2 Å². The average Bonchev–Trinajstić information content (AvgIpc) is 3.33. The van der Waals surface area contributed by atoms with Crippen LogP contribution in [0.3, 0.4) is 0 Å². The second-order valence-electron chi connectivity index (χ2n) is 9.41. The number of thioether (sulfide) groups is 1. The highest BCUT2D eigenvalue weighted by Crippen LogP contribution is 2.35. The Balaban J connectivity index is 1.10. The van der Waals surface area contributed by atoms with Gasteiger partial charge in [-0.2, -0.15) is 0 Å². The molecule has 0 saturated carbocycles. The second-order valence-corrected chi connectivity index (χ2v) is 10.5. The molecule has 2 amide bonds. The van der Waals surface area contributed by atoms with Gasteiger partial charge in [0.15, 0.2) is 0 Å². The molecule has 1 unspecified atom stereocenters. The lowest BCUT2D eigenvalue weighted by Gasteiger charge is -2.14. The minimum absolute atomic E-state index is 0.278. The van der Waals surface area contributed by atoms with Gasteiger partial charge in [-0.3, -0.25) is 14.9 Å². The maximum absolute atomic E-state index is 11.8. The molecule has 0 radical (unpaired) electrons. The fourth-order valence-corrected chi connectivity index (χ4v) is 5.27. The van der Waals surface area contributed by atoms with E-state index in [-0.39, 0.29) is 11.1 Å². The van der Waals surface area contributed by atoms with Crippen LogP contribution in [0.4, 0.5) is 4.79 Å². The molecule has 1 aliphatic heterocycles. The van der Waals surface area contributed by atoms with Gasteiger partial charge in [0.25, 0.3) is 5.24 Å². The molecule has 6 nitrogen and oxygen atoms in total. The molecule has 5 rings (SSSR count). The summed E-state index contributed by atoms with van der Waals surface area (Å²) < 4.78 is 18.1. The second kappa shape index (κ2) is 13.2. The molecule has 1 atom stereocenters. The number of imide groups is 1. The maximum atomic E-state index is 11.8. The summed E-state index contributed by atoms with van der Waals surface area (Å²) in [5.41, 5.74) is 4.22. The van der Waals surface area contributed by atoms with E-state index in [4.69, 9.17) is 14.2 Å². The van der Waals surface area contributed by atoms with Gasteiger partial charge >= 0.3 is 0 Å². The van der Waals surface area contributed by atoms with Crippen molar-refractivity contribution < 1.29 is 23.8 Å². The molecule has 0 bridgehead atoms.